The normalized spacial score (nSPS) is 12.8. The molecule has 1 N–H and O–H groups in total. The van der Waals surface area contributed by atoms with Gasteiger partial charge in [0.15, 0.2) is 5.75 Å². The summed E-state index contributed by atoms with van der Waals surface area (Å²) in [6, 6.07) is 3.10. The molecule has 0 bridgehead atoms. The first-order valence-corrected chi connectivity index (χ1v) is 8.25. The van der Waals surface area contributed by atoms with E-state index in [-0.39, 0.29) is 12.4 Å². The maximum absolute atomic E-state index is 14.3. The fraction of sp³-hybridized carbons (Fsp3) is 0.353. The Hall–Kier alpha value is -2.94. The third-order valence-corrected chi connectivity index (χ3v) is 4.21. The number of aromatic nitrogens is 4. The van der Waals surface area contributed by atoms with Crippen molar-refractivity contribution in [2.75, 3.05) is 32.2 Å². The van der Waals surface area contributed by atoms with Crippen molar-refractivity contribution in [3.8, 4) is 11.5 Å². The monoisotopic (exact) mass is 359 g/mol. The molecule has 26 heavy (non-hydrogen) atoms. The molecule has 0 aliphatic carbocycles. The number of benzene rings is 1. The van der Waals surface area contributed by atoms with Crippen molar-refractivity contribution >= 4 is 11.6 Å². The predicted molar refractivity (Wildman–Crippen MR) is 91.1 cm³/mol. The molecule has 0 radical (unpaired) electrons. The van der Waals surface area contributed by atoms with E-state index in [4.69, 9.17) is 14.2 Å². The molecule has 0 atom stereocenters. The van der Waals surface area contributed by atoms with Crippen LogP contribution in [0.15, 0.2) is 24.7 Å². The molecule has 3 heterocycles. The van der Waals surface area contributed by atoms with Gasteiger partial charge in [-0.05, 0) is 12.1 Å². The number of fused-ring (bicyclic) bond motifs is 2. The maximum atomic E-state index is 14.3. The Kier molecular flexibility index (Phi) is 4.53. The lowest BCUT2D eigenvalue weighted by Gasteiger charge is -2.12. The number of hydrogen-bond donors (Lipinski definition) is 1. The smallest absolute Gasteiger partial charge is 0.210 e. The lowest BCUT2D eigenvalue weighted by atomic mass is 10.0. The van der Waals surface area contributed by atoms with Gasteiger partial charge in [0, 0.05) is 31.2 Å². The second kappa shape index (κ2) is 7.12. The Morgan fingerprint density at radius 3 is 3.15 bits per heavy atom. The second-order valence-electron chi connectivity index (χ2n) is 5.77. The summed E-state index contributed by atoms with van der Waals surface area (Å²) in [6.45, 7) is 1.70. The van der Waals surface area contributed by atoms with Gasteiger partial charge in [-0.2, -0.15) is 0 Å². The first-order chi connectivity index (χ1) is 12.8. The van der Waals surface area contributed by atoms with Gasteiger partial charge in [-0.1, -0.05) is 0 Å². The van der Waals surface area contributed by atoms with Crippen LogP contribution in [0.4, 0.5) is 10.3 Å². The van der Waals surface area contributed by atoms with Gasteiger partial charge < -0.3 is 19.5 Å². The Morgan fingerprint density at radius 2 is 2.27 bits per heavy atom. The third kappa shape index (κ3) is 3.01. The summed E-state index contributed by atoms with van der Waals surface area (Å²) in [5.74, 6) is 1.49. The summed E-state index contributed by atoms with van der Waals surface area (Å²) in [4.78, 5) is 4.35. The van der Waals surface area contributed by atoms with Crippen LogP contribution in [0.1, 0.15) is 11.1 Å². The highest BCUT2D eigenvalue weighted by molar-refractivity contribution is 5.56. The number of ether oxygens (including phenoxy) is 3. The van der Waals surface area contributed by atoms with Crippen LogP contribution in [0.5, 0.6) is 11.5 Å². The fourth-order valence-electron chi connectivity index (χ4n) is 2.94. The molecule has 0 fully saturated rings. The molecule has 0 amide bonds. The summed E-state index contributed by atoms with van der Waals surface area (Å²) in [6.07, 6.45) is 3.80. The molecule has 1 aromatic carbocycles. The van der Waals surface area contributed by atoms with Crippen LogP contribution in [0, 0.1) is 5.82 Å². The van der Waals surface area contributed by atoms with E-state index < -0.39 is 0 Å². The van der Waals surface area contributed by atoms with Crippen molar-refractivity contribution in [1.82, 2.24) is 19.6 Å². The van der Waals surface area contributed by atoms with Crippen LogP contribution >= 0.6 is 0 Å². The molecule has 1 aliphatic heterocycles. The zero-order valence-corrected chi connectivity index (χ0v) is 14.2. The number of rotatable bonds is 7. The highest BCUT2D eigenvalue weighted by Crippen LogP contribution is 2.30. The second-order valence-corrected chi connectivity index (χ2v) is 5.77. The third-order valence-electron chi connectivity index (χ3n) is 4.21. The number of hydrogen-bond acceptors (Lipinski definition) is 7. The Morgan fingerprint density at radius 1 is 1.35 bits per heavy atom. The number of anilines is 1. The van der Waals surface area contributed by atoms with Gasteiger partial charge in [-0.15, -0.1) is 10.2 Å². The largest absolute Gasteiger partial charge is 0.493 e. The van der Waals surface area contributed by atoms with Crippen LogP contribution in [0.3, 0.4) is 0 Å². The maximum Gasteiger partial charge on any atom is 0.210 e. The summed E-state index contributed by atoms with van der Waals surface area (Å²) in [5, 5.41) is 11.1. The van der Waals surface area contributed by atoms with Crippen molar-refractivity contribution in [3.63, 3.8) is 0 Å². The minimum atomic E-state index is -0.263. The Bertz CT molecular complexity index is 930. The topological polar surface area (TPSA) is 82.8 Å². The average Bonchev–Trinajstić information content (AvgIpc) is 3.31. The summed E-state index contributed by atoms with van der Waals surface area (Å²) in [5.41, 5.74) is 2.01. The molecular weight excluding hydrogens is 341 g/mol. The van der Waals surface area contributed by atoms with Gasteiger partial charge >= 0.3 is 0 Å². The molecule has 2 aromatic heterocycles. The van der Waals surface area contributed by atoms with Crippen molar-refractivity contribution in [2.24, 2.45) is 0 Å². The minimum absolute atomic E-state index is 0.263. The van der Waals surface area contributed by atoms with Crippen LogP contribution in [0.2, 0.25) is 0 Å². The zero-order valence-electron chi connectivity index (χ0n) is 14.2. The van der Waals surface area contributed by atoms with E-state index >= 15 is 0 Å². The van der Waals surface area contributed by atoms with Gasteiger partial charge in [0.05, 0.1) is 19.4 Å². The zero-order chi connectivity index (χ0) is 17.9. The van der Waals surface area contributed by atoms with Crippen LogP contribution < -0.4 is 14.8 Å². The number of nitrogens with zero attached hydrogens (tertiary/aromatic N) is 4. The molecule has 4 rings (SSSR count). The van der Waals surface area contributed by atoms with E-state index in [1.54, 1.807) is 23.8 Å². The fourth-order valence-corrected chi connectivity index (χ4v) is 2.94. The van der Waals surface area contributed by atoms with Crippen molar-refractivity contribution in [1.29, 1.82) is 0 Å². The lowest BCUT2D eigenvalue weighted by Crippen LogP contribution is -2.11. The highest BCUT2D eigenvalue weighted by Gasteiger charge is 2.20. The predicted octanol–water partition coefficient (Wildman–Crippen LogP) is 1.84. The molecule has 0 saturated carbocycles. The quantitative estimate of drug-likeness (QED) is 0.645. The van der Waals surface area contributed by atoms with Crippen molar-refractivity contribution in [2.45, 2.75) is 13.0 Å². The summed E-state index contributed by atoms with van der Waals surface area (Å²) >= 11 is 0. The van der Waals surface area contributed by atoms with E-state index in [0.29, 0.717) is 49.1 Å². The molecule has 3 aromatic rings. The van der Waals surface area contributed by atoms with E-state index in [1.165, 1.54) is 12.4 Å². The number of methoxy groups -OCH3 is 1. The van der Waals surface area contributed by atoms with Crippen molar-refractivity contribution < 1.29 is 18.6 Å². The standard InChI is InChI=1S/C17H18FN5O3/c1-24-6-7-26-15-9-20-17(23-10-21-22-16(15)23)19-8-12-11-4-5-25-14(11)3-2-13(12)18/h2-3,9-10H,4-8H2,1H3,(H,19,20). The van der Waals surface area contributed by atoms with E-state index in [0.717, 1.165) is 11.3 Å². The molecule has 136 valence electrons. The van der Waals surface area contributed by atoms with E-state index in [9.17, 15) is 4.39 Å². The van der Waals surface area contributed by atoms with Crippen LogP contribution in [-0.2, 0) is 17.7 Å². The average molecular weight is 359 g/mol. The van der Waals surface area contributed by atoms with Gasteiger partial charge in [0.1, 0.15) is 24.5 Å². The minimum Gasteiger partial charge on any atom is -0.493 e. The molecule has 0 spiro atoms. The SMILES string of the molecule is COCCOc1cnc(NCc2c(F)ccc3c2CCO3)n2cnnc12. The van der Waals surface area contributed by atoms with Crippen LogP contribution in [-0.4, -0.2) is 46.5 Å². The van der Waals surface area contributed by atoms with Gasteiger partial charge in [0.2, 0.25) is 11.6 Å². The van der Waals surface area contributed by atoms with Crippen LogP contribution in [0.25, 0.3) is 5.65 Å². The highest BCUT2D eigenvalue weighted by atomic mass is 19.1. The number of halogens is 1. The van der Waals surface area contributed by atoms with Gasteiger partial charge in [-0.25, -0.2) is 13.8 Å². The molecule has 0 unspecified atom stereocenters. The first kappa shape index (κ1) is 16.5. The van der Waals surface area contributed by atoms with Gasteiger partial charge in [0.25, 0.3) is 0 Å². The summed E-state index contributed by atoms with van der Waals surface area (Å²) in [7, 11) is 1.60. The van der Waals surface area contributed by atoms with E-state index in [2.05, 4.69) is 20.5 Å². The molecule has 0 saturated heterocycles. The number of nitrogens with one attached hydrogen (secondary N) is 1. The van der Waals surface area contributed by atoms with E-state index in [1.807, 2.05) is 0 Å². The summed E-state index contributed by atoms with van der Waals surface area (Å²) < 4.78 is 32.0. The molecular formula is C17H18FN5O3. The molecule has 1 aliphatic rings. The Labute approximate surface area is 148 Å². The Balaban J connectivity index is 1.57. The van der Waals surface area contributed by atoms with Crippen molar-refractivity contribution in [3.05, 3.63) is 41.6 Å². The lowest BCUT2D eigenvalue weighted by molar-refractivity contribution is 0.146. The first-order valence-electron chi connectivity index (χ1n) is 8.25. The molecule has 8 nitrogen and oxygen atoms in total. The molecule has 9 heteroatoms. The van der Waals surface area contributed by atoms with Gasteiger partial charge in [-0.3, -0.25) is 0 Å².